The molecule has 0 radical (unpaired) electrons. The molecule has 2 aliphatic rings. The van der Waals surface area contributed by atoms with Crippen molar-refractivity contribution in [2.75, 3.05) is 19.7 Å². The van der Waals surface area contributed by atoms with Crippen LogP contribution in [0.25, 0.3) is 0 Å². The third-order valence-corrected chi connectivity index (χ3v) is 4.09. The molecule has 0 amide bonds. The van der Waals surface area contributed by atoms with E-state index in [0.717, 1.165) is 13.1 Å². The number of nitrogens with one attached hydrogen (secondary N) is 1. The second kappa shape index (κ2) is 5.23. The van der Waals surface area contributed by atoms with Crippen molar-refractivity contribution in [3.05, 3.63) is 35.4 Å². The number of hydrogen-bond acceptors (Lipinski definition) is 3. The van der Waals surface area contributed by atoms with Crippen LogP contribution in [0.15, 0.2) is 24.3 Å². The molecule has 2 unspecified atom stereocenters. The van der Waals surface area contributed by atoms with Crippen LogP contribution in [-0.4, -0.2) is 25.5 Å². The first-order chi connectivity index (χ1) is 9.16. The maximum absolute atomic E-state index is 6.02. The van der Waals surface area contributed by atoms with Gasteiger partial charge in [0.05, 0.1) is 6.61 Å². The van der Waals surface area contributed by atoms with Gasteiger partial charge in [0, 0.05) is 6.54 Å². The van der Waals surface area contributed by atoms with Gasteiger partial charge in [-0.15, -0.1) is 0 Å². The fourth-order valence-electron chi connectivity index (χ4n) is 3.13. The third-order valence-electron chi connectivity index (χ3n) is 4.09. The molecule has 2 aliphatic heterocycles. The molecule has 2 atom stereocenters. The van der Waals surface area contributed by atoms with Gasteiger partial charge in [0.1, 0.15) is 6.10 Å². The monoisotopic (exact) mass is 261 g/mol. The Morgan fingerprint density at radius 1 is 1.21 bits per heavy atom. The molecule has 1 aromatic carbocycles. The number of hydrogen-bond donors (Lipinski definition) is 1. The van der Waals surface area contributed by atoms with Gasteiger partial charge in [-0.1, -0.05) is 24.3 Å². The standard InChI is InChI=1S/C16H23NO2/c1-16(2)18-11-15(19-16)14-8-4-3-7-13(14)12-6-5-9-17-10-12/h3-4,7-8,12,15,17H,5-6,9-11H2,1-2H3. The van der Waals surface area contributed by atoms with E-state index in [1.165, 1.54) is 24.0 Å². The van der Waals surface area contributed by atoms with Crippen molar-refractivity contribution in [3.8, 4) is 0 Å². The van der Waals surface area contributed by atoms with Crippen LogP contribution in [0.5, 0.6) is 0 Å². The zero-order valence-corrected chi connectivity index (χ0v) is 11.8. The Kier molecular flexibility index (Phi) is 3.61. The molecule has 0 aliphatic carbocycles. The fourth-order valence-corrected chi connectivity index (χ4v) is 3.13. The summed E-state index contributed by atoms with van der Waals surface area (Å²) in [7, 11) is 0. The number of rotatable bonds is 2. The van der Waals surface area contributed by atoms with Gasteiger partial charge in [-0.2, -0.15) is 0 Å². The van der Waals surface area contributed by atoms with Gasteiger partial charge in [-0.05, 0) is 50.3 Å². The van der Waals surface area contributed by atoms with E-state index in [1.807, 2.05) is 13.8 Å². The molecule has 0 saturated carbocycles. The van der Waals surface area contributed by atoms with Crippen LogP contribution >= 0.6 is 0 Å². The smallest absolute Gasteiger partial charge is 0.163 e. The second-order valence-corrected chi connectivity index (χ2v) is 5.99. The van der Waals surface area contributed by atoms with E-state index >= 15 is 0 Å². The first-order valence-electron chi connectivity index (χ1n) is 7.27. The van der Waals surface area contributed by atoms with Gasteiger partial charge in [-0.25, -0.2) is 0 Å². The van der Waals surface area contributed by atoms with Gasteiger partial charge in [0.2, 0.25) is 0 Å². The molecule has 0 spiro atoms. The van der Waals surface area contributed by atoms with Crippen LogP contribution in [0.2, 0.25) is 0 Å². The highest BCUT2D eigenvalue weighted by Gasteiger charge is 2.35. The van der Waals surface area contributed by atoms with E-state index in [1.54, 1.807) is 0 Å². The minimum atomic E-state index is -0.456. The molecule has 19 heavy (non-hydrogen) atoms. The summed E-state index contributed by atoms with van der Waals surface area (Å²) >= 11 is 0. The maximum atomic E-state index is 6.02. The highest BCUT2D eigenvalue weighted by Crippen LogP contribution is 2.37. The number of ether oxygens (including phenoxy) is 2. The average Bonchev–Trinajstić information content (AvgIpc) is 2.80. The van der Waals surface area contributed by atoms with Crippen LogP contribution in [-0.2, 0) is 9.47 Å². The first-order valence-corrected chi connectivity index (χ1v) is 7.27. The van der Waals surface area contributed by atoms with Crippen molar-refractivity contribution in [2.24, 2.45) is 0 Å². The number of benzene rings is 1. The normalized spacial score (nSPS) is 30.4. The van der Waals surface area contributed by atoms with Crippen molar-refractivity contribution < 1.29 is 9.47 Å². The highest BCUT2D eigenvalue weighted by atomic mass is 16.7. The van der Waals surface area contributed by atoms with Crippen molar-refractivity contribution in [1.29, 1.82) is 0 Å². The van der Waals surface area contributed by atoms with Crippen molar-refractivity contribution >= 4 is 0 Å². The lowest BCUT2D eigenvalue weighted by Gasteiger charge is -2.27. The zero-order chi connectivity index (χ0) is 13.3. The Morgan fingerprint density at radius 3 is 2.63 bits per heavy atom. The van der Waals surface area contributed by atoms with Crippen LogP contribution in [0.4, 0.5) is 0 Å². The fraction of sp³-hybridized carbons (Fsp3) is 0.625. The highest BCUT2D eigenvalue weighted by molar-refractivity contribution is 5.33. The van der Waals surface area contributed by atoms with Gasteiger partial charge in [0.25, 0.3) is 0 Å². The van der Waals surface area contributed by atoms with Crippen molar-refractivity contribution in [1.82, 2.24) is 5.32 Å². The van der Waals surface area contributed by atoms with Gasteiger partial charge in [-0.3, -0.25) is 0 Å². The predicted molar refractivity (Wildman–Crippen MR) is 75.1 cm³/mol. The molecule has 0 bridgehead atoms. The average molecular weight is 261 g/mol. The van der Waals surface area contributed by atoms with E-state index in [4.69, 9.17) is 9.47 Å². The maximum Gasteiger partial charge on any atom is 0.163 e. The molecular formula is C16H23NO2. The molecule has 2 heterocycles. The lowest BCUT2D eigenvalue weighted by Crippen LogP contribution is -2.29. The van der Waals surface area contributed by atoms with Crippen LogP contribution < -0.4 is 5.32 Å². The van der Waals surface area contributed by atoms with E-state index < -0.39 is 5.79 Å². The Bertz CT molecular complexity index is 438. The van der Waals surface area contributed by atoms with Crippen molar-refractivity contribution in [2.45, 2.75) is 44.5 Å². The van der Waals surface area contributed by atoms with E-state index in [0.29, 0.717) is 12.5 Å². The van der Waals surface area contributed by atoms with E-state index in [2.05, 4.69) is 29.6 Å². The summed E-state index contributed by atoms with van der Waals surface area (Å²) in [6.45, 7) is 6.85. The summed E-state index contributed by atoms with van der Waals surface area (Å²) < 4.78 is 11.7. The molecule has 3 nitrogen and oxygen atoms in total. The van der Waals surface area contributed by atoms with Gasteiger partial charge in [0.15, 0.2) is 5.79 Å². The lowest BCUT2D eigenvalue weighted by molar-refractivity contribution is -0.139. The molecule has 2 saturated heterocycles. The summed E-state index contributed by atoms with van der Waals surface area (Å²) in [5.41, 5.74) is 2.74. The minimum absolute atomic E-state index is 0.0770. The summed E-state index contributed by atoms with van der Waals surface area (Å²) in [5.74, 6) is 0.153. The Morgan fingerprint density at radius 2 is 2.00 bits per heavy atom. The summed E-state index contributed by atoms with van der Waals surface area (Å²) in [6, 6.07) is 8.68. The second-order valence-electron chi connectivity index (χ2n) is 5.99. The minimum Gasteiger partial charge on any atom is -0.347 e. The zero-order valence-electron chi connectivity index (χ0n) is 11.8. The molecule has 1 aromatic rings. The summed E-state index contributed by atoms with van der Waals surface area (Å²) in [4.78, 5) is 0. The lowest BCUT2D eigenvalue weighted by atomic mass is 9.87. The topological polar surface area (TPSA) is 30.5 Å². The number of piperidine rings is 1. The quantitative estimate of drug-likeness (QED) is 0.888. The molecule has 104 valence electrons. The molecule has 0 aromatic heterocycles. The van der Waals surface area contributed by atoms with Gasteiger partial charge < -0.3 is 14.8 Å². The first kappa shape index (κ1) is 13.1. The predicted octanol–water partition coefficient (Wildman–Crippen LogP) is 2.98. The van der Waals surface area contributed by atoms with Crippen LogP contribution in [0.1, 0.15) is 49.8 Å². The summed E-state index contributed by atoms with van der Waals surface area (Å²) in [6.07, 6.45) is 2.60. The van der Waals surface area contributed by atoms with E-state index in [-0.39, 0.29) is 6.10 Å². The SMILES string of the molecule is CC1(C)OCC(c2ccccc2C2CCCNC2)O1. The largest absolute Gasteiger partial charge is 0.347 e. The molecule has 2 fully saturated rings. The van der Waals surface area contributed by atoms with Gasteiger partial charge >= 0.3 is 0 Å². The van der Waals surface area contributed by atoms with E-state index in [9.17, 15) is 0 Å². The molecule has 3 heteroatoms. The third kappa shape index (κ3) is 2.83. The summed E-state index contributed by atoms with van der Waals surface area (Å²) in [5, 5.41) is 3.50. The Balaban J connectivity index is 1.85. The molecule has 3 rings (SSSR count). The van der Waals surface area contributed by atoms with Crippen LogP contribution in [0.3, 0.4) is 0 Å². The van der Waals surface area contributed by atoms with Crippen molar-refractivity contribution in [3.63, 3.8) is 0 Å². The Hall–Kier alpha value is -0.900. The molecular weight excluding hydrogens is 238 g/mol. The molecule has 1 N–H and O–H groups in total. The Labute approximate surface area is 115 Å². The van der Waals surface area contributed by atoms with Crippen LogP contribution in [0, 0.1) is 0 Å².